The molecule has 37 heavy (non-hydrogen) atoms. The van der Waals surface area contributed by atoms with Gasteiger partial charge in [-0.1, -0.05) is 136 Å². The van der Waals surface area contributed by atoms with Gasteiger partial charge in [-0.3, -0.25) is 0 Å². The van der Waals surface area contributed by atoms with Gasteiger partial charge in [-0.15, -0.1) is 5.75 Å². The molecule has 0 unspecified atom stereocenters. The van der Waals surface area contributed by atoms with E-state index in [2.05, 4.69) is 121 Å². The fourth-order valence-corrected chi connectivity index (χ4v) is 8.96. The minimum atomic E-state index is -1.78. The van der Waals surface area contributed by atoms with Crippen LogP contribution < -0.4 is 21.0 Å². The van der Waals surface area contributed by atoms with Crippen molar-refractivity contribution >= 4 is 23.2 Å². The molecule has 2 heteroatoms. The van der Waals surface area contributed by atoms with E-state index in [0.29, 0.717) is 0 Å². The summed E-state index contributed by atoms with van der Waals surface area (Å²) in [5, 5.41) is 15.6. The van der Waals surface area contributed by atoms with Crippen molar-refractivity contribution in [1.29, 1.82) is 0 Å². The van der Waals surface area contributed by atoms with Crippen LogP contribution in [-0.2, 0) is 11.6 Å². The summed E-state index contributed by atoms with van der Waals surface area (Å²) in [6, 6.07) is 51.2. The molecule has 0 aliphatic rings. The summed E-state index contributed by atoms with van der Waals surface area (Å²) in [4.78, 5) is 0. The van der Waals surface area contributed by atoms with Crippen LogP contribution in [0.1, 0.15) is 31.9 Å². The Balaban J connectivity index is 0.000000245. The topological polar surface area (TPSA) is 23.1 Å². The molecule has 5 aromatic carbocycles. The van der Waals surface area contributed by atoms with E-state index in [1.54, 1.807) is 12.1 Å². The maximum atomic E-state index is 11.3. The molecule has 0 amide bonds. The fraction of sp³-hybridized carbons (Fsp3) is 0.143. The summed E-state index contributed by atoms with van der Waals surface area (Å²) in [6.45, 7) is 6.14. The Hall–Kier alpha value is -3.67. The first-order chi connectivity index (χ1) is 17.9. The Morgan fingerprint density at radius 2 is 0.838 bits per heavy atom. The second kappa shape index (κ2) is 12.0. The van der Waals surface area contributed by atoms with Crippen LogP contribution in [0.2, 0.25) is 0 Å². The molecule has 1 nitrogen and oxygen atoms in total. The minimum absolute atomic E-state index is 0.0294. The summed E-state index contributed by atoms with van der Waals surface area (Å²) in [5.41, 5.74) is 2.25. The summed E-state index contributed by atoms with van der Waals surface area (Å²) in [6.07, 6.45) is 1.03. The molecular formula is C35H35OP. The van der Waals surface area contributed by atoms with Gasteiger partial charge in [-0.05, 0) is 47.4 Å². The van der Waals surface area contributed by atoms with Crippen molar-refractivity contribution in [3.63, 3.8) is 0 Å². The van der Waals surface area contributed by atoms with Crippen LogP contribution in [0, 0.1) is 0 Å². The number of hydrogen-bond donors (Lipinski definition) is 0. The standard InChI is InChI=1S/C25H22P.C10H14O/c1-5-13-22(14-6-1)21-26(23-15-7-2-8-16-23,24-17-9-3-10-18-24)25-19-11-4-12-20-25;1-10(2,3)8-6-4-5-7-9(8)11/h1-20H,21H2;4-7,11H,1-3H3/q+1;/p-1. The zero-order valence-electron chi connectivity index (χ0n) is 21.9. The molecule has 0 saturated carbocycles. The van der Waals surface area contributed by atoms with Gasteiger partial charge in [-0.25, -0.2) is 0 Å². The van der Waals surface area contributed by atoms with Crippen molar-refractivity contribution in [3.8, 4) is 5.75 Å². The molecular weight excluding hydrogens is 467 g/mol. The van der Waals surface area contributed by atoms with E-state index in [-0.39, 0.29) is 11.2 Å². The lowest BCUT2D eigenvalue weighted by molar-refractivity contribution is -0.270. The second-order valence-corrected chi connectivity index (χ2v) is 13.7. The molecule has 0 aromatic heterocycles. The largest absolute Gasteiger partial charge is 0.872 e. The van der Waals surface area contributed by atoms with Gasteiger partial charge in [0, 0.05) is 0 Å². The average molecular weight is 503 g/mol. The highest BCUT2D eigenvalue weighted by molar-refractivity contribution is 7.95. The van der Waals surface area contributed by atoms with Crippen LogP contribution in [-0.4, -0.2) is 0 Å². The molecule has 0 bridgehead atoms. The molecule has 5 aromatic rings. The highest BCUT2D eigenvalue weighted by Crippen LogP contribution is 2.58. The van der Waals surface area contributed by atoms with Crippen LogP contribution in [0.3, 0.4) is 0 Å². The predicted molar refractivity (Wildman–Crippen MR) is 160 cm³/mol. The van der Waals surface area contributed by atoms with E-state index >= 15 is 0 Å². The summed E-state index contributed by atoms with van der Waals surface area (Å²) in [7, 11) is -1.78. The molecule has 0 atom stereocenters. The third-order valence-electron chi connectivity index (χ3n) is 6.55. The first-order valence-corrected chi connectivity index (χ1v) is 14.7. The molecule has 0 spiro atoms. The lowest BCUT2D eigenvalue weighted by Crippen LogP contribution is -2.32. The van der Waals surface area contributed by atoms with Crippen LogP contribution in [0.15, 0.2) is 146 Å². The van der Waals surface area contributed by atoms with Crippen molar-refractivity contribution < 1.29 is 5.11 Å². The van der Waals surface area contributed by atoms with Crippen molar-refractivity contribution in [2.45, 2.75) is 32.3 Å². The first kappa shape index (κ1) is 26.4. The van der Waals surface area contributed by atoms with Gasteiger partial charge in [0.25, 0.3) is 0 Å². The number of rotatable bonds is 5. The van der Waals surface area contributed by atoms with Crippen LogP contribution in [0.5, 0.6) is 5.75 Å². The third kappa shape index (κ3) is 6.37. The molecule has 0 fully saturated rings. The molecule has 0 N–H and O–H groups in total. The Kier molecular flexibility index (Phi) is 8.59. The van der Waals surface area contributed by atoms with E-state index in [1.165, 1.54) is 21.5 Å². The maximum absolute atomic E-state index is 11.3. The Labute approximate surface area is 222 Å². The number of para-hydroxylation sites is 1. The number of benzene rings is 5. The zero-order chi connectivity index (χ0) is 26.1. The zero-order valence-corrected chi connectivity index (χ0v) is 22.8. The van der Waals surface area contributed by atoms with Gasteiger partial charge in [0.1, 0.15) is 23.2 Å². The average Bonchev–Trinajstić information content (AvgIpc) is 2.94. The predicted octanol–water partition coefficient (Wildman–Crippen LogP) is 7.24. The lowest BCUT2D eigenvalue weighted by atomic mass is 9.86. The Morgan fingerprint density at radius 1 is 0.486 bits per heavy atom. The molecule has 0 aliphatic carbocycles. The van der Waals surface area contributed by atoms with Crippen LogP contribution >= 0.6 is 7.26 Å². The van der Waals surface area contributed by atoms with Crippen LogP contribution in [0.4, 0.5) is 0 Å². The monoisotopic (exact) mass is 502 g/mol. The quantitative estimate of drug-likeness (QED) is 0.232. The molecule has 0 heterocycles. The van der Waals surface area contributed by atoms with Gasteiger partial charge >= 0.3 is 0 Å². The van der Waals surface area contributed by atoms with Gasteiger partial charge < -0.3 is 5.11 Å². The Morgan fingerprint density at radius 3 is 1.19 bits per heavy atom. The SMILES string of the molecule is CC(C)(C)c1ccccc1[O-].c1ccc(C[P+](c2ccccc2)(c2ccccc2)c2ccccc2)cc1. The summed E-state index contributed by atoms with van der Waals surface area (Å²) >= 11 is 0. The number of hydrogen-bond acceptors (Lipinski definition) is 1. The van der Waals surface area contributed by atoms with Crippen molar-refractivity contribution in [2.75, 3.05) is 0 Å². The van der Waals surface area contributed by atoms with Gasteiger partial charge in [-0.2, -0.15) is 0 Å². The summed E-state index contributed by atoms with van der Waals surface area (Å²) in [5.74, 6) is 0.139. The summed E-state index contributed by atoms with van der Waals surface area (Å²) < 4.78 is 0. The van der Waals surface area contributed by atoms with E-state index in [0.717, 1.165) is 11.7 Å². The minimum Gasteiger partial charge on any atom is -0.872 e. The highest BCUT2D eigenvalue weighted by atomic mass is 31.2. The Bertz CT molecular complexity index is 1260. The van der Waals surface area contributed by atoms with Crippen molar-refractivity contribution in [1.82, 2.24) is 0 Å². The van der Waals surface area contributed by atoms with E-state index < -0.39 is 7.26 Å². The molecule has 186 valence electrons. The fourth-order valence-electron chi connectivity index (χ4n) is 4.71. The van der Waals surface area contributed by atoms with E-state index in [4.69, 9.17) is 0 Å². The first-order valence-electron chi connectivity index (χ1n) is 12.8. The van der Waals surface area contributed by atoms with E-state index in [1.807, 2.05) is 32.9 Å². The third-order valence-corrected chi connectivity index (χ3v) is 10.9. The molecule has 0 saturated heterocycles. The van der Waals surface area contributed by atoms with Crippen molar-refractivity contribution in [2.24, 2.45) is 0 Å². The molecule has 0 radical (unpaired) electrons. The van der Waals surface area contributed by atoms with E-state index in [9.17, 15) is 5.11 Å². The van der Waals surface area contributed by atoms with Gasteiger partial charge in [0.2, 0.25) is 0 Å². The molecule has 0 aliphatic heterocycles. The highest BCUT2D eigenvalue weighted by Gasteiger charge is 2.45. The maximum Gasteiger partial charge on any atom is 0.116 e. The van der Waals surface area contributed by atoms with Gasteiger partial charge in [0.05, 0.1) is 6.16 Å². The van der Waals surface area contributed by atoms with Gasteiger partial charge in [0.15, 0.2) is 0 Å². The second-order valence-electron chi connectivity index (χ2n) is 10.2. The normalized spacial score (nSPS) is 11.3. The molecule has 5 rings (SSSR count). The van der Waals surface area contributed by atoms with Crippen LogP contribution in [0.25, 0.3) is 0 Å². The lowest BCUT2D eigenvalue weighted by Gasteiger charge is -2.27. The van der Waals surface area contributed by atoms with Crippen molar-refractivity contribution in [3.05, 3.63) is 157 Å². The smallest absolute Gasteiger partial charge is 0.116 e.